The second-order valence-corrected chi connectivity index (χ2v) is 7.44. The fraction of sp³-hybridized carbons (Fsp3) is 0.867. The molecule has 1 atom stereocenters. The van der Waals surface area contributed by atoms with Crippen molar-refractivity contribution in [2.45, 2.75) is 69.5 Å². The lowest BCUT2D eigenvalue weighted by atomic mass is 10.0. The molecule has 1 saturated carbocycles. The lowest BCUT2D eigenvalue weighted by Crippen LogP contribution is -2.27. The maximum atomic E-state index is 5.87. The zero-order valence-electron chi connectivity index (χ0n) is 11.2. The first-order chi connectivity index (χ1) is 8.29. The predicted molar refractivity (Wildman–Crippen MR) is 76.5 cm³/mol. The summed E-state index contributed by atoms with van der Waals surface area (Å²) in [5.74, 6) is 1.32. The first-order valence-electron chi connectivity index (χ1n) is 7.22. The average molecular weight is 254 g/mol. The molecular formula is C15H26OS. The maximum absolute atomic E-state index is 5.87. The van der Waals surface area contributed by atoms with Gasteiger partial charge in [-0.1, -0.05) is 19.3 Å². The van der Waals surface area contributed by atoms with Gasteiger partial charge in [0.05, 0.1) is 6.26 Å². The molecule has 1 saturated heterocycles. The highest BCUT2D eigenvalue weighted by Crippen LogP contribution is 2.34. The minimum absolute atomic E-state index is 0.357. The largest absolute Gasteiger partial charge is 0.500 e. The SMILES string of the molecule is CC1(COC=C2CCCC2)CCCCCCS1. The molecule has 98 valence electrons. The molecule has 1 heterocycles. The molecule has 17 heavy (non-hydrogen) atoms. The van der Waals surface area contributed by atoms with Gasteiger partial charge in [-0.2, -0.15) is 11.8 Å². The van der Waals surface area contributed by atoms with E-state index < -0.39 is 0 Å². The summed E-state index contributed by atoms with van der Waals surface area (Å²) in [6.45, 7) is 3.29. The van der Waals surface area contributed by atoms with Crippen molar-refractivity contribution in [2.24, 2.45) is 0 Å². The molecule has 0 aromatic heterocycles. The van der Waals surface area contributed by atoms with Crippen LogP contribution in [0.1, 0.15) is 64.7 Å². The van der Waals surface area contributed by atoms with Crippen LogP contribution in [0.4, 0.5) is 0 Å². The molecule has 2 fully saturated rings. The van der Waals surface area contributed by atoms with Crippen LogP contribution in [0.2, 0.25) is 0 Å². The highest BCUT2D eigenvalue weighted by atomic mass is 32.2. The topological polar surface area (TPSA) is 9.23 Å². The lowest BCUT2D eigenvalue weighted by molar-refractivity contribution is 0.208. The molecule has 0 aromatic carbocycles. The van der Waals surface area contributed by atoms with Crippen LogP contribution >= 0.6 is 11.8 Å². The summed E-state index contributed by atoms with van der Waals surface area (Å²) in [7, 11) is 0. The highest BCUT2D eigenvalue weighted by molar-refractivity contribution is 8.00. The Morgan fingerprint density at radius 3 is 2.71 bits per heavy atom. The van der Waals surface area contributed by atoms with Crippen LogP contribution in [-0.2, 0) is 4.74 Å². The fourth-order valence-electron chi connectivity index (χ4n) is 2.74. The fourth-order valence-corrected chi connectivity index (χ4v) is 4.02. The first kappa shape index (κ1) is 13.3. The molecule has 0 spiro atoms. The Hall–Kier alpha value is -0.110. The number of hydrogen-bond donors (Lipinski definition) is 0. The van der Waals surface area contributed by atoms with Gasteiger partial charge in [0.15, 0.2) is 0 Å². The molecule has 2 rings (SSSR count). The Labute approximate surface area is 110 Å². The van der Waals surface area contributed by atoms with Crippen molar-refractivity contribution in [3.63, 3.8) is 0 Å². The summed E-state index contributed by atoms with van der Waals surface area (Å²) >= 11 is 2.13. The van der Waals surface area contributed by atoms with Gasteiger partial charge in [0, 0.05) is 4.75 Å². The van der Waals surface area contributed by atoms with Crippen LogP contribution in [0.3, 0.4) is 0 Å². The minimum atomic E-state index is 0.357. The van der Waals surface area contributed by atoms with Gasteiger partial charge in [0.2, 0.25) is 0 Å². The standard InChI is InChI=1S/C15H26OS/c1-15(10-6-2-3-7-11-17-15)13-16-12-14-8-4-5-9-14/h12H,2-11,13H2,1H3. The minimum Gasteiger partial charge on any atom is -0.500 e. The quantitative estimate of drug-likeness (QED) is 0.661. The van der Waals surface area contributed by atoms with Gasteiger partial charge in [0.25, 0.3) is 0 Å². The van der Waals surface area contributed by atoms with Crippen molar-refractivity contribution in [1.29, 1.82) is 0 Å². The van der Waals surface area contributed by atoms with Gasteiger partial charge < -0.3 is 4.74 Å². The summed E-state index contributed by atoms with van der Waals surface area (Å²) < 4.78 is 6.23. The van der Waals surface area contributed by atoms with Crippen molar-refractivity contribution < 1.29 is 4.74 Å². The molecule has 1 aliphatic carbocycles. The van der Waals surface area contributed by atoms with Crippen LogP contribution in [0.5, 0.6) is 0 Å². The number of thioether (sulfide) groups is 1. The molecule has 0 aromatic rings. The molecular weight excluding hydrogens is 228 g/mol. The summed E-state index contributed by atoms with van der Waals surface area (Å²) in [5, 5.41) is 0. The van der Waals surface area contributed by atoms with Gasteiger partial charge >= 0.3 is 0 Å². The summed E-state index contributed by atoms with van der Waals surface area (Å²) in [6, 6.07) is 0. The van der Waals surface area contributed by atoms with E-state index in [-0.39, 0.29) is 0 Å². The first-order valence-corrected chi connectivity index (χ1v) is 8.21. The highest BCUT2D eigenvalue weighted by Gasteiger charge is 2.26. The second-order valence-electron chi connectivity index (χ2n) is 5.76. The monoisotopic (exact) mass is 254 g/mol. The van der Waals surface area contributed by atoms with Crippen LogP contribution in [0, 0.1) is 0 Å². The third-order valence-electron chi connectivity index (χ3n) is 3.93. The van der Waals surface area contributed by atoms with Crippen LogP contribution in [0.15, 0.2) is 11.8 Å². The normalized spacial score (nSPS) is 30.8. The van der Waals surface area contributed by atoms with E-state index in [1.807, 2.05) is 0 Å². The molecule has 1 nitrogen and oxygen atoms in total. The molecule has 0 radical (unpaired) electrons. The van der Waals surface area contributed by atoms with Gasteiger partial charge in [-0.05, 0) is 56.8 Å². The molecule has 1 aliphatic heterocycles. The van der Waals surface area contributed by atoms with E-state index in [1.165, 1.54) is 69.1 Å². The van der Waals surface area contributed by atoms with E-state index >= 15 is 0 Å². The Morgan fingerprint density at radius 1 is 1.12 bits per heavy atom. The van der Waals surface area contributed by atoms with Crippen molar-refractivity contribution in [3.05, 3.63) is 11.8 Å². The Morgan fingerprint density at radius 2 is 1.88 bits per heavy atom. The van der Waals surface area contributed by atoms with Crippen molar-refractivity contribution >= 4 is 11.8 Å². The molecule has 0 N–H and O–H groups in total. The number of rotatable bonds is 3. The van der Waals surface area contributed by atoms with Crippen molar-refractivity contribution in [2.75, 3.05) is 12.4 Å². The van der Waals surface area contributed by atoms with Gasteiger partial charge in [-0.3, -0.25) is 0 Å². The van der Waals surface area contributed by atoms with Gasteiger partial charge in [0.1, 0.15) is 6.61 Å². The third kappa shape index (κ3) is 4.57. The van der Waals surface area contributed by atoms with E-state index in [1.54, 1.807) is 0 Å². The number of allylic oxidation sites excluding steroid dienone is 1. The van der Waals surface area contributed by atoms with Crippen molar-refractivity contribution in [1.82, 2.24) is 0 Å². The van der Waals surface area contributed by atoms with E-state index in [0.717, 1.165) is 6.61 Å². The molecule has 2 heteroatoms. The van der Waals surface area contributed by atoms with E-state index in [0.29, 0.717) is 4.75 Å². The van der Waals surface area contributed by atoms with Crippen molar-refractivity contribution in [3.8, 4) is 0 Å². The average Bonchev–Trinajstić information content (AvgIpc) is 2.77. The molecule has 0 bridgehead atoms. The van der Waals surface area contributed by atoms with Gasteiger partial charge in [-0.15, -0.1) is 0 Å². The number of hydrogen-bond acceptors (Lipinski definition) is 2. The lowest BCUT2D eigenvalue weighted by Gasteiger charge is -2.30. The van der Waals surface area contributed by atoms with Crippen LogP contribution < -0.4 is 0 Å². The summed E-state index contributed by atoms with van der Waals surface area (Å²) in [6.07, 6.45) is 14.3. The summed E-state index contributed by atoms with van der Waals surface area (Å²) in [4.78, 5) is 0. The maximum Gasteiger partial charge on any atom is 0.102 e. The molecule has 0 amide bonds. The Bertz CT molecular complexity index is 244. The number of ether oxygens (including phenoxy) is 1. The Balaban J connectivity index is 1.76. The molecule has 1 unspecified atom stereocenters. The van der Waals surface area contributed by atoms with E-state index in [9.17, 15) is 0 Å². The Kier molecular flexibility index (Phi) is 5.27. The van der Waals surface area contributed by atoms with E-state index in [2.05, 4.69) is 24.9 Å². The zero-order chi connectivity index (χ0) is 12.0. The van der Waals surface area contributed by atoms with Crippen LogP contribution in [0.25, 0.3) is 0 Å². The zero-order valence-corrected chi connectivity index (χ0v) is 12.0. The summed E-state index contributed by atoms with van der Waals surface area (Å²) in [5.41, 5.74) is 1.53. The van der Waals surface area contributed by atoms with E-state index in [4.69, 9.17) is 4.74 Å². The second kappa shape index (κ2) is 6.72. The smallest absolute Gasteiger partial charge is 0.102 e. The van der Waals surface area contributed by atoms with Gasteiger partial charge in [-0.25, -0.2) is 0 Å². The van der Waals surface area contributed by atoms with Crippen LogP contribution in [-0.4, -0.2) is 17.1 Å². The third-order valence-corrected chi connectivity index (χ3v) is 5.45. The predicted octanol–water partition coefficient (Wildman–Crippen LogP) is 4.92. The molecule has 2 aliphatic rings.